The molecule has 2 heterocycles. The van der Waals surface area contributed by atoms with Gasteiger partial charge in [-0.25, -0.2) is 9.37 Å². The summed E-state index contributed by atoms with van der Waals surface area (Å²) in [7, 11) is 0. The smallest absolute Gasteiger partial charge is 0.509 e. The van der Waals surface area contributed by atoms with Gasteiger partial charge in [-0.1, -0.05) is 0 Å². The monoisotopic (exact) mass is 392 g/mol. The molecule has 28 heavy (non-hydrogen) atoms. The highest BCUT2D eigenvalue weighted by molar-refractivity contribution is 6.30. The van der Waals surface area contributed by atoms with E-state index in [0.717, 1.165) is 12.1 Å². The molecule has 1 aromatic heterocycles. The summed E-state index contributed by atoms with van der Waals surface area (Å²) in [5, 5.41) is 18.7. The van der Waals surface area contributed by atoms with E-state index in [1.54, 1.807) is 0 Å². The van der Waals surface area contributed by atoms with Crippen molar-refractivity contribution in [1.29, 1.82) is 5.41 Å². The lowest BCUT2D eigenvalue weighted by molar-refractivity contribution is -0.274. The fourth-order valence-corrected chi connectivity index (χ4v) is 2.98. The van der Waals surface area contributed by atoms with Crippen LogP contribution in [0.1, 0.15) is 5.82 Å². The average Bonchev–Trinajstić information content (AvgIpc) is 3.14. The van der Waals surface area contributed by atoms with Crippen LogP contribution in [0.2, 0.25) is 0 Å². The number of fused-ring (bicyclic) bond motifs is 1. The van der Waals surface area contributed by atoms with Crippen LogP contribution in [0.25, 0.3) is 16.6 Å². The predicted molar refractivity (Wildman–Crippen MR) is 93.8 cm³/mol. The molecule has 3 N–H and O–H groups in total. The van der Waals surface area contributed by atoms with Gasteiger partial charge in [-0.3, -0.25) is 5.41 Å². The lowest BCUT2D eigenvalue weighted by Crippen LogP contribution is -2.26. The van der Waals surface area contributed by atoms with Crippen LogP contribution in [0.5, 0.6) is 5.75 Å². The zero-order chi connectivity index (χ0) is 20.1. The standard InChI is InChI=1S/C18H12F4N4O2/c19-9-1-6-12-13(7-9)25-17(24-12)15-14(27)8-26(16(15)23)10-2-4-11(5-3-10)28-18(20,21)22/h1-7,23,27H,8H2,(H,24,25). The highest BCUT2D eigenvalue weighted by Gasteiger charge is 2.33. The molecular formula is C18H12F4N4O2. The number of ether oxygens (including phenoxy) is 1. The van der Waals surface area contributed by atoms with E-state index >= 15 is 0 Å². The average molecular weight is 392 g/mol. The van der Waals surface area contributed by atoms with Crippen LogP contribution in [0.15, 0.2) is 48.2 Å². The quantitative estimate of drug-likeness (QED) is 0.578. The zero-order valence-corrected chi connectivity index (χ0v) is 14.0. The van der Waals surface area contributed by atoms with Gasteiger partial charge in [0.05, 0.1) is 23.2 Å². The Bertz CT molecular complexity index is 1100. The SMILES string of the molecule is N=C1C(c2nc3ccc(F)cc3[nH]2)=C(O)CN1c1ccc(OC(F)(F)F)cc1. The molecule has 1 aliphatic heterocycles. The van der Waals surface area contributed by atoms with Crippen LogP contribution in [0.4, 0.5) is 23.2 Å². The zero-order valence-electron chi connectivity index (χ0n) is 14.0. The Hall–Kier alpha value is -3.56. The van der Waals surface area contributed by atoms with E-state index in [2.05, 4.69) is 14.7 Å². The Morgan fingerprint density at radius 2 is 1.86 bits per heavy atom. The van der Waals surface area contributed by atoms with E-state index in [9.17, 15) is 22.7 Å². The first-order valence-corrected chi connectivity index (χ1v) is 8.01. The Labute approximate surface area is 155 Å². The molecule has 0 bridgehead atoms. The number of hydrogen-bond donors (Lipinski definition) is 3. The second-order valence-corrected chi connectivity index (χ2v) is 6.05. The fourth-order valence-electron chi connectivity index (χ4n) is 2.98. The fraction of sp³-hybridized carbons (Fsp3) is 0.111. The Morgan fingerprint density at radius 1 is 1.14 bits per heavy atom. The van der Waals surface area contributed by atoms with Gasteiger partial charge in [0.1, 0.15) is 29.0 Å². The summed E-state index contributed by atoms with van der Waals surface area (Å²) in [6.07, 6.45) is -4.80. The molecule has 3 aromatic rings. The number of nitrogens with one attached hydrogen (secondary N) is 2. The van der Waals surface area contributed by atoms with Gasteiger partial charge in [-0.2, -0.15) is 0 Å². The minimum Gasteiger partial charge on any atom is -0.509 e. The molecule has 0 fully saturated rings. The van der Waals surface area contributed by atoms with Crippen LogP contribution in [0, 0.1) is 11.2 Å². The number of aliphatic hydroxyl groups is 1. The first kappa shape index (κ1) is 17.8. The third kappa shape index (κ3) is 3.24. The van der Waals surface area contributed by atoms with Crippen LogP contribution in [-0.4, -0.2) is 33.8 Å². The predicted octanol–water partition coefficient (Wildman–Crippen LogP) is 4.37. The number of aromatic nitrogens is 2. The molecule has 0 radical (unpaired) electrons. The number of hydrogen-bond acceptors (Lipinski definition) is 4. The number of alkyl halides is 3. The highest BCUT2D eigenvalue weighted by Crippen LogP contribution is 2.32. The summed E-state index contributed by atoms with van der Waals surface area (Å²) in [5.41, 5.74) is 1.40. The topological polar surface area (TPSA) is 85.2 Å². The first-order valence-electron chi connectivity index (χ1n) is 8.01. The van der Waals surface area contributed by atoms with Crippen LogP contribution < -0.4 is 9.64 Å². The van der Waals surface area contributed by atoms with Crippen molar-refractivity contribution in [2.24, 2.45) is 0 Å². The number of nitrogens with zero attached hydrogens (tertiary/aromatic N) is 2. The van der Waals surface area contributed by atoms with E-state index in [1.165, 1.54) is 35.2 Å². The Morgan fingerprint density at radius 3 is 2.54 bits per heavy atom. The van der Waals surface area contributed by atoms with Crippen molar-refractivity contribution in [2.75, 3.05) is 11.4 Å². The van der Waals surface area contributed by atoms with Gasteiger partial charge in [0, 0.05) is 5.69 Å². The second kappa shape index (κ2) is 6.25. The minimum absolute atomic E-state index is 0.0565. The van der Waals surface area contributed by atoms with Gasteiger partial charge in [-0.05, 0) is 42.5 Å². The molecule has 2 aromatic carbocycles. The Balaban J connectivity index is 1.60. The summed E-state index contributed by atoms with van der Waals surface area (Å²) in [4.78, 5) is 8.53. The van der Waals surface area contributed by atoms with E-state index < -0.39 is 17.9 Å². The van der Waals surface area contributed by atoms with Crippen LogP contribution >= 0.6 is 0 Å². The minimum atomic E-state index is -4.80. The molecule has 1 aliphatic rings. The Kier molecular flexibility index (Phi) is 3.98. The van der Waals surface area contributed by atoms with Gasteiger partial charge < -0.3 is 19.7 Å². The molecule has 6 nitrogen and oxygen atoms in total. The molecule has 0 amide bonds. The summed E-state index contributed by atoms with van der Waals surface area (Å²) in [6.45, 7) is -0.0565. The van der Waals surface area contributed by atoms with Gasteiger partial charge in [0.15, 0.2) is 0 Å². The summed E-state index contributed by atoms with van der Waals surface area (Å²) in [5.74, 6) is -0.881. The number of halogens is 4. The number of aliphatic hydroxyl groups excluding tert-OH is 1. The molecule has 144 valence electrons. The highest BCUT2D eigenvalue weighted by atomic mass is 19.4. The van der Waals surface area contributed by atoms with Crippen molar-refractivity contribution in [3.8, 4) is 5.75 Å². The second-order valence-electron chi connectivity index (χ2n) is 6.05. The third-order valence-electron chi connectivity index (χ3n) is 4.17. The van der Waals surface area contributed by atoms with Crippen molar-refractivity contribution in [1.82, 2.24) is 9.97 Å². The number of H-pyrrole nitrogens is 1. The number of benzene rings is 2. The van der Waals surface area contributed by atoms with Crippen molar-refractivity contribution in [2.45, 2.75) is 6.36 Å². The lowest BCUT2D eigenvalue weighted by Gasteiger charge is -2.19. The van der Waals surface area contributed by atoms with Gasteiger partial charge in [-0.15, -0.1) is 13.2 Å². The maximum absolute atomic E-state index is 13.4. The van der Waals surface area contributed by atoms with Crippen molar-refractivity contribution in [3.63, 3.8) is 0 Å². The number of imidazole rings is 1. The maximum atomic E-state index is 13.4. The van der Waals surface area contributed by atoms with Gasteiger partial charge in [0.25, 0.3) is 0 Å². The maximum Gasteiger partial charge on any atom is 0.573 e. The van der Waals surface area contributed by atoms with Gasteiger partial charge in [0.2, 0.25) is 0 Å². The van der Waals surface area contributed by atoms with E-state index in [4.69, 9.17) is 5.41 Å². The van der Waals surface area contributed by atoms with Crippen molar-refractivity contribution >= 4 is 28.1 Å². The number of amidine groups is 1. The summed E-state index contributed by atoms with van der Waals surface area (Å²) < 4.78 is 54.0. The molecular weight excluding hydrogens is 380 g/mol. The summed E-state index contributed by atoms with van der Waals surface area (Å²) in [6, 6.07) is 8.90. The van der Waals surface area contributed by atoms with Gasteiger partial charge >= 0.3 is 6.36 Å². The number of aromatic amines is 1. The molecule has 0 atom stereocenters. The molecule has 0 saturated carbocycles. The molecule has 0 saturated heterocycles. The van der Waals surface area contributed by atoms with Crippen molar-refractivity contribution < 1.29 is 27.4 Å². The molecule has 0 spiro atoms. The largest absolute Gasteiger partial charge is 0.573 e. The molecule has 4 rings (SSSR count). The molecule has 0 aliphatic carbocycles. The van der Waals surface area contributed by atoms with E-state index in [0.29, 0.717) is 16.7 Å². The van der Waals surface area contributed by atoms with Crippen LogP contribution in [-0.2, 0) is 0 Å². The third-order valence-corrected chi connectivity index (χ3v) is 4.17. The van der Waals surface area contributed by atoms with E-state index in [1.807, 2.05) is 0 Å². The van der Waals surface area contributed by atoms with E-state index in [-0.39, 0.29) is 29.5 Å². The van der Waals surface area contributed by atoms with Crippen LogP contribution in [0.3, 0.4) is 0 Å². The van der Waals surface area contributed by atoms with Crippen molar-refractivity contribution in [3.05, 3.63) is 59.9 Å². The number of rotatable bonds is 3. The molecule has 0 unspecified atom stereocenters. The first-order chi connectivity index (χ1) is 13.2. The normalized spacial score (nSPS) is 15.0. The number of anilines is 1. The summed E-state index contributed by atoms with van der Waals surface area (Å²) >= 11 is 0. The molecule has 10 heteroatoms. The lowest BCUT2D eigenvalue weighted by atomic mass is 10.2.